The van der Waals surface area contributed by atoms with Crippen molar-refractivity contribution < 1.29 is 9.53 Å². The Morgan fingerprint density at radius 1 is 1.43 bits per heavy atom. The zero-order valence-electron chi connectivity index (χ0n) is 13.5. The maximum absolute atomic E-state index is 12.6. The fourth-order valence-electron chi connectivity index (χ4n) is 2.31. The number of nitrogens with zero attached hydrogens (tertiary/aromatic N) is 1. The number of ether oxygens (including phenoxy) is 1. The number of amides is 1. The Kier molecular flexibility index (Phi) is 6.45. The number of carbonyl (C=O) groups is 1. The first-order valence-corrected chi connectivity index (χ1v) is 8.71. The lowest BCUT2D eigenvalue weighted by Gasteiger charge is -2.26. The van der Waals surface area contributed by atoms with Gasteiger partial charge in [-0.05, 0) is 43.1 Å². The highest BCUT2D eigenvalue weighted by molar-refractivity contribution is 7.09. The van der Waals surface area contributed by atoms with Crippen molar-refractivity contribution in [3.8, 4) is 5.75 Å². The van der Waals surface area contributed by atoms with Gasteiger partial charge in [0.2, 0.25) is 5.91 Å². The zero-order chi connectivity index (χ0) is 16.8. The van der Waals surface area contributed by atoms with Crippen molar-refractivity contribution in [1.29, 1.82) is 0 Å². The molecule has 0 bridgehead atoms. The molecule has 1 amide bonds. The molecule has 1 aromatic heterocycles. The molecule has 0 aliphatic rings. The third kappa shape index (κ3) is 4.70. The van der Waals surface area contributed by atoms with Gasteiger partial charge in [0, 0.05) is 16.4 Å². The van der Waals surface area contributed by atoms with Gasteiger partial charge >= 0.3 is 0 Å². The molecule has 2 rings (SSSR count). The molecule has 0 saturated heterocycles. The van der Waals surface area contributed by atoms with Crippen LogP contribution >= 0.6 is 22.9 Å². The van der Waals surface area contributed by atoms with Crippen LogP contribution in [-0.4, -0.2) is 30.5 Å². The van der Waals surface area contributed by atoms with Crippen LogP contribution < -0.4 is 10.1 Å². The molecule has 124 valence electrons. The second-order valence-corrected chi connectivity index (χ2v) is 6.62. The topological polar surface area (TPSA) is 41.6 Å². The summed E-state index contributed by atoms with van der Waals surface area (Å²) in [6.45, 7) is 5.51. The predicted molar refractivity (Wildman–Crippen MR) is 96.5 cm³/mol. The van der Waals surface area contributed by atoms with E-state index in [0.717, 1.165) is 13.1 Å². The Bertz CT molecular complexity index is 646. The molecule has 0 unspecified atom stereocenters. The van der Waals surface area contributed by atoms with Gasteiger partial charge in [0.05, 0.1) is 18.8 Å². The Hall–Kier alpha value is -1.56. The normalized spacial score (nSPS) is 12.2. The van der Waals surface area contributed by atoms with Crippen LogP contribution in [0.2, 0.25) is 5.02 Å². The first-order chi connectivity index (χ1) is 11.0. The molecule has 1 N–H and O–H groups in total. The van der Waals surface area contributed by atoms with Gasteiger partial charge in [-0.15, -0.1) is 11.3 Å². The van der Waals surface area contributed by atoms with Gasteiger partial charge in [-0.2, -0.15) is 0 Å². The fraction of sp³-hybridized carbons (Fsp3) is 0.353. The van der Waals surface area contributed by atoms with Gasteiger partial charge in [-0.25, -0.2) is 0 Å². The van der Waals surface area contributed by atoms with Crippen molar-refractivity contribution in [2.24, 2.45) is 0 Å². The Morgan fingerprint density at radius 3 is 2.83 bits per heavy atom. The first-order valence-electron chi connectivity index (χ1n) is 7.46. The van der Waals surface area contributed by atoms with E-state index < -0.39 is 0 Å². The molecule has 0 spiro atoms. The van der Waals surface area contributed by atoms with E-state index in [-0.39, 0.29) is 11.9 Å². The summed E-state index contributed by atoms with van der Waals surface area (Å²) in [5, 5.41) is 5.51. The van der Waals surface area contributed by atoms with E-state index in [2.05, 4.69) is 23.2 Å². The van der Waals surface area contributed by atoms with Crippen molar-refractivity contribution in [3.63, 3.8) is 0 Å². The highest BCUT2D eigenvalue weighted by atomic mass is 35.5. The van der Waals surface area contributed by atoms with Crippen molar-refractivity contribution in [2.45, 2.75) is 26.4 Å². The molecule has 2 aromatic rings. The van der Waals surface area contributed by atoms with E-state index in [9.17, 15) is 4.79 Å². The average Bonchev–Trinajstić information content (AvgIpc) is 3.05. The summed E-state index contributed by atoms with van der Waals surface area (Å²) in [6.07, 6.45) is 0. The quantitative estimate of drug-likeness (QED) is 0.809. The lowest BCUT2D eigenvalue weighted by Crippen LogP contribution is -2.41. The van der Waals surface area contributed by atoms with Crippen molar-refractivity contribution >= 4 is 34.5 Å². The molecule has 1 atom stereocenters. The second kappa shape index (κ2) is 8.34. The molecular formula is C17H21ClN2O2S. The molecular weight excluding hydrogens is 332 g/mol. The maximum atomic E-state index is 12.6. The fourth-order valence-corrected chi connectivity index (χ4v) is 3.21. The number of benzene rings is 1. The summed E-state index contributed by atoms with van der Waals surface area (Å²) in [4.78, 5) is 15.9. The van der Waals surface area contributed by atoms with Crippen LogP contribution in [0.3, 0.4) is 0 Å². The lowest BCUT2D eigenvalue weighted by molar-refractivity contribution is -0.120. The third-order valence-electron chi connectivity index (χ3n) is 3.69. The number of likely N-dealkylation sites (N-methyl/N-ethyl adjacent to an activating group) is 1. The van der Waals surface area contributed by atoms with Crippen LogP contribution in [0.4, 0.5) is 5.69 Å². The first kappa shape index (κ1) is 17.8. The van der Waals surface area contributed by atoms with Gasteiger partial charge in [0.1, 0.15) is 5.75 Å². The molecule has 1 aromatic carbocycles. The summed E-state index contributed by atoms with van der Waals surface area (Å²) >= 11 is 7.70. The molecule has 0 saturated carbocycles. The number of hydrogen-bond acceptors (Lipinski definition) is 4. The smallest absolute Gasteiger partial charge is 0.241 e. The number of halogens is 1. The maximum Gasteiger partial charge on any atom is 0.241 e. The minimum Gasteiger partial charge on any atom is -0.495 e. The third-order valence-corrected chi connectivity index (χ3v) is 4.79. The number of nitrogens with one attached hydrogen (secondary N) is 1. The van der Waals surface area contributed by atoms with Gasteiger partial charge in [0.15, 0.2) is 0 Å². The SMILES string of the molecule is CCN(Cc1cccs1)[C@@H](C)C(=O)Nc1cc(Cl)ccc1OC. The monoisotopic (exact) mass is 352 g/mol. The molecule has 0 aliphatic heterocycles. The standard InChI is InChI=1S/C17H21ClN2O2S/c1-4-20(11-14-6-5-9-23-14)12(2)17(21)19-15-10-13(18)7-8-16(15)22-3/h5-10,12H,4,11H2,1-3H3,(H,19,21)/t12-/m0/s1. The van der Waals surface area contributed by atoms with E-state index in [0.29, 0.717) is 16.5 Å². The van der Waals surface area contributed by atoms with Crippen LogP contribution in [0.1, 0.15) is 18.7 Å². The number of rotatable bonds is 7. The van der Waals surface area contributed by atoms with E-state index in [4.69, 9.17) is 16.3 Å². The highest BCUT2D eigenvalue weighted by Gasteiger charge is 2.21. The summed E-state index contributed by atoms with van der Waals surface area (Å²) in [5.41, 5.74) is 0.587. The number of thiophene rings is 1. The summed E-state index contributed by atoms with van der Waals surface area (Å²) in [6, 6.07) is 9.01. The van der Waals surface area contributed by atoms with E-state index >= 15 is 0 Å². The number of carbonyl (C=O) groups excluding carboxylic acids is 1. The summed E-state index contributed by atoms with van der Waals surface area (Å²) < 4.78 is 5.27. The van der Waals surface area contributed by atoms with Crippen LogP contribution in [-0.2, 0) is 11.3 Å². The van der Waals surface area contributed by atoms with Gasteiger partial charge in [0.25, 0.3) is 0 Å². The number of methoxy groups -OCH3 is 1. The largest absolute Gasteiger partial charge is 0.495 e. The molecule has 23 heavy (non-hydrogen) atoms. The van der Waals surface area contributed by atoms with Crippen molar-refractivity contribution in [1.82, 2.24) is 4.90 Å². The lowest BCUT2D eigenvalue weighted by atomic mass is 10.2. The Balaban J connectivity index is 2.08. The van der Waals surface area contributed by atoms with Crippen LogP contribution in [0, 0.1) is 0 Å². The minimum absolute atomic E-state index is 0.0797. The molecule has 4 nitrogen and oxygen atoms in total. The Morgan fingerprint density at radius 2 is 2.22 bits per heavy atom. The van der Waals surface area contributed by atoms with E-state index in [1.165, 1.54) is 4.88 Å². The van der Waals surface area contributed by atoms with Crippen molar-refractivity contribution in [3.05, 3.63) is 45.6 Å². The highest BCUT2D eigenvalue weighted by Crippen LogP contribution is 2.28. The predicted octanol–water partition coefficient (Wildman–Crippen LogP) is 4.26. The minimum atomic E-state index is -0.259. The number of anilines is 1. The van der Waals surface area contributed by atoms with E-state index in [1.807, 2.05) is 18.4 Å². The molecule has 6 heteroatoms. The van der Waals surface area contributed by atoms with Gasteiger partial charge in [-0.3, -0.25) is 9.69 Å². The molecule has 0 aliphatic carbocycles. The van der Waals surface area contributed by atoms with Crippen LogP contribution in [0.5, 0.6) is 5.75 Å². The zero-order valence-corrected chi connectivity index (χ0v) is 15.1. The molecule has 0 fully saturated rings. The summed E-state index contributed by atoms with van der Waals surface area (Å²) in [5.74, 6) is 0.514. The average molecular weight is 353 g/mol. The molecule has 1 heterocycles. The van der Waals surface area contributed by atoms with Gasteiger partial charge in [-0.1, -0.05) is 24.6 Å². The van der Waals surface area contributed by atoms with Crippen LogP contribution in [0.25, 0.3) is 0 Å². The van der Waals surface area contributed by atoms with E-state index in [1.54, 1.807) is 36.6 Å². The Labute approximate surface area is 146 Å². The second-order valence-electron chi connectivity index (χ2n) is 5.15. The van der Waals surface area contributed by atoms with Gasteiger partial charge < -0.3 is 10.1 Å². The van der Waals surface area contributed by atoms with Crippen molar-refractivity contribution in [2.75, 3.05) is 19.0 Å². The molecule has 0 radical (unpaired) electrons. The number of hydrogen-bond donors (Lipinski definition) is 1. The summed E-state index contributed by atoms with van der Waals surface area (Å²) in [7, 11) is 1.57. The van der Waals surface area contributed by atoms with Crippen LogP contribution in [0.15, 0.2) is 35.7 Å².